The summed E-state index contributed by atoms with van der Waals surface area (Å²) in [5.74, 6) is 0.220. The van der Waals surface area contributed by atoms with E-state index < -0.39 is 72.9 Å². The average molecular weight is 642 g/mol. The molecule has 2 aromatic rings. The first-order chi connectivity index (χ1) is 20.3. The summed E-state index contributed by atoms with van der Waals surface area (Å²) in [6, 6.07) is 0. The largest absolute Gasteiger partial charge is 0.414 e. The van der Waals surface area contributed by atoms with Gasteiger partial charge in [-0.2, -0.15) is 0 Å². The second-order valence-corrected chi connectivity index (χ2v) is 21.9. The summed E-state index contributed by atoms with van der Waals surface area (Å²) in [5.41, 5.74) is 7.33. The van der Waals surface area contributed by atoms with Gasteiger partial charge in [-0.25, -0.2) is 15.0 Å². The zero-order chi connectivity index (χ0) is 31.4. The van der Waals surface area contributed by atoms with Crippen molar-refractivity contribution in [2.75, 3.05) is 18.9 Å². The van der Waals surface area contributed by atoms with Gasteiger partial charge in [0.1, 0.15) is 48.5 Å². The SMILES string of the molecule is CC(C)[Si]1(C(C)C)OC[C@H]2O[C@@H](n3cnc4c(N)ncnc43)[C@H](O[C@H]3O[C@H](CO)[C@@H](O)[C@@H]3O)[C@@H]2O[Si](C(C)C)(C(C)C)O1. The number of anilines is 1. The maximum atomic E-state index is 10.8. The molecule has 14 nitrogen and oxygen atoms in total. The van der Waals surface area contributed by atoms with Crippen molar-refractivity contribution in [1.82, 2.24) is 19.5 Å². The molecule has 0 radical (unpaired) electrons. The third-order valence-corrected chi connectivity index (χ3v) is 19.3. The summed E-state index contributed by atoms with van der Waals surface area (Å²) in [7, 11) is -5.92. The van der Waals surface area contributed by atoms with Crippen molar-refractivity contribution in [2.45, 2.75) is 127 Å². The third kappa shape index (κ3) is 5.47. The predicted molar refractivity (Wildman–Crippen MR) is 160 cm³/mol. The minimum atomic E-state index is -3.08. The number of aliphatic hydroxyl groups is 3. The summed E-state index contributed by atoms with van der Waals surface area (Å²) >= 11 is 0. The highest BCUT2D eigenvalue weighted by Gasteiger charge is 2.63. The van der Waals surface area contributed by atoms with Gasteiger partial charge in [-0.05, 0) is 22.2 Å². The van der Waals surface area contributed by atoms with Crippen molar-refractivity contribution in [3.63, 3.8) is 0 Å². The molecule has 5 heterocycles. The van der Waals surface area contributed by atoms with Gasteiger partial charge in [0.25, 0.3) is 0 Å². The highest BCUT2D eigenvalue weighted by Crippen LogP contribution is 2.49. The van der Waals surface area contributed by atoms with Gasteiger partial charge in [0.15, 0.2) is 24.0 Å². The standard InChI is InChI=1S/C27H47N5O9Si2/c1-13(2)42(14(3)4)36-10-18-22(40-43(41-42,15(5)6)16(7)8)23(39-27-21(35)20(34)17(9-33)38-27)26(37-18)32-12-31-19-24(28)29-11-30-25(19)32/h11-18,20-23,26-27,33-35H,9-10H2,1-8H3,(H2,28,29,30)/t17-,18-,20-,21+,22-,23-,26-,27-/m1/s1. The Bertz CT molecular complexity index is 1250. The number of fused-ring (bicyclic) bond motifs is 2. The lowest BCUT2D eigenvalue weighted by Crippen LogP contribution is -2.66. The van der Waals surface area contributed by atoms with E-state index in [2.05, 4.69) is 70.3 Å². The number of nitrogens with two attached hydrogens (primary N) is 1. The molecule has 5 N–H and O–H groups in total. The van der Waals surface area contributed by atoms with Crippen LogP contribution in [-0.2, 0) is 27.2 Å². The van der Waals surface area contributed by atoms with Crippen LogP contribution in [0.5, 0.6) is 0 Å². The van der Waals surface area contributed by atoms with E-state index in [-0.39, 0.29) is 34.6 Å². The number of nitrogens with zero attached hydrogens (tertiary/aromatic N) is 4. The lowest BCUT2D eigenvalue weighted by atomic mass is 10.1. The van der Waals surface area contributed by atoms with Gasteiger partial charge in [-0.3, -0.25) is 4.57 Å². The number of rotatable bonds is 8. The molecule has 3 fully saturated rings. The molecule has 0 aliphatic carbocycles. The Hall–Kier alpha value is -1.58. The molecule has 0 spiro atoms. The topological polar surface area (TPSA) is 186 Å². The third-order valence-electron chi connectivity index (χ3n) is 9.07. The van der Waals surface area contributed by atoms with Gasteiger partial charge < -0.3 is 48.2 Å². The molecule has 0 saturated carbocycles. The second kappa shape index (κ2) is 12.3. The fourth-order valence-electron chi connectivity index (χ4n) is 6.68. The fourth-order valence-corrected chi connectivity index (χ4v) is 17.9. The molecular formula is C27H47N5O9Si2. The summed E-state index contributed by atoms with van der Waals surface area (Å²) < 4.78 is 42.1. The number of ether oxygens (including phenoxy) is 3. The van der Waals surface area contributed by atoms with E-state index in [1.54, 1.807) is 10.9 Å². The molecule has 8 atom stereocenters. The van der Waals surface area contributed by atoms with Crippen LogP contribution in [0.1, 0.15) is 61.6 Å². The lowest BCUT2D eigenvalue weighted by molar-refractivity contribution is -0.219. The maximum Gasteiger partial charge on any atom is 0.335 e. The van der Waals surface area contributed by atoms with Gasteiger partial charge in [0.05, 0.1) is 19.5 Å². The van der Waals surface area contributed by atoms with Crippen LogP contribution in [-0.4, -0.2) is 108 Å². The first-order valence-corrected chi connectivity index (χ1v) is 19.1. The molecule has 242 valence electrons. The van der Waals surface area contributed by atoms with Crippen LogP contribution in [0.4, 0.5) is 5.82 Å². The number of nitrogen functional groups attached to an aromatic ring is 1. The van der Waals surface area contributed by atoms with E-state index >= 15 is 0 Å². The van der Waals surface area contributed by atoms with Gasteiger partial charge in [0.2, 0.25) is 0 Å². The quantitative estimate of drug-likeness (QED) is 0.307. The van der Waals surface area contributed by atoms with Crippen LogP contribution in [0.3, 0.4) is 0 Å². The molecule has 3 aliphatic rings. The van der Waals surface area contributed by atoms with Crippen LogP contribution in [0.15, 0.2) is 12.7 Å². The minimum absolute atomic E-state index is 0.0504. The molecule has 0 amide bonds. The van der Waals surface area contributed by atoms with E-state index in [0.29, 0.717) is 11.2 Å². The number of imidazole rings is 1. The van der Waals surface area contributed by atoms with E-state index in [0.717, 1.165) is 0 Å². The van der Waals surface area contributed by atoms with E-state index in [1.807, 2.05) is 0 Å². The summed E-state index contributed by atoms with van der Waals surface area (Å²) in [4.78, 5) is 12.9. The molecular weight excluding hydrogens is 594 g/mol. The smallest absolute Gasteiger partial charge is 0.335 e. The molecule has 0 bridgehead atoms. The monoisotopic (exact) mass is 641 g/mol. The molecule has 16 heteroatoms. The molecule has 43 heavy (non-hydrogen) atoms. The van der Waals surface area contributed by atoms with E-state index in [4.69, 9.17) is 32.9 Å². The Morgan fingerprint density at radius 2 is 1.60 bits per heavy atom. The van der Waals surface area contributed by atoms with Gasteiger partial charge in [0, 0.05) is 0 Å². The normalized spacial score (nSPS) is 34.4. The number of aromatic nitrogens is 4. The fraction of sp³-hybridized carbons (Fsp3) is 0.815. The Balaban J connectivity index is 1.62. The Labute approximate surface area is 254 Å². The average Bonchev–Trinajstić information content (AvgIpc) is 3.59. The highest BCUT2D eigenvalue weighted by atomic mass is 28.5. The molecule has 2 aromatic heterocycles. The van der Waals surface area contributed by atoms with Crippen molar-refractivity contribution in [2.24, 2.45) is 0 Å². The van der Waals surface area contributed by atoms with Crippen LogP contribution in [0, 0.1) is 0 Å². The maximum absolute atomic E-state index is 10.8. The van der Waals surface area contributed by atoms with Gasteiger partial charge >= 0.3 is 17.1 Å². The molecule has 0 aromatic carbocycles. The molecule has 3 aliphatic heterocycles. The Morgan fingerprint density at radius 3 is 2.19 bits per heavy atom. The first kappa shape index (κ1) is 32.8. The first-order valence-electron chi connectivity index (χ1n) is 15.2. The van der Waals surface area contributed by atoms with E-state index in [9.17, 15) is 15.3 Å². The van der Waals surface area contributed by atoms with Crippen molar-refractivity contribution >= 4 is 34.1 Å². The molecule has 0 unspecified atom stereocenters. The van der Waals surface area contributed by atoms with Crippen molar-refractivity contribution in [3.8, 4) is 0 Å². The van der Waals surface area contributed by atoms with Crippen LogP contribution in [0.2, 0.25) is 22.2 Å². The zero-order valence-corrected chi connectivity index (χ0v) is 28.2. The minimum Gasteiger partial charge on any atom is -0.414 e. The van der Waals surface area contributed by atoms with Crippen LogP contribution in [0.25, 0.3) is 11.2 Å². The van der Waals surface area contributed by atoms with Crippen molar-refractivity contribution < 1.29 is 42.5 Å². The predicted octanol–water partition coefficient (Wildman–Crippen LogP) is 2.09. The van der Waals surface area contributed by atoms with Crippen LogP contribution < -0.4 is 5.73 Å². The highest BCUT2D eigenvalue weighted by molar-refractivity contribution is 6.84. The number of hydrogen-bond acceptors (Lipinski definition) is 13. The lowest BCUT2D eigenvalue weighted by Gasteiger charge is -2.51. The molecule has 5 rings (SSSR count). The summed E-state index contributed by atoms with van der Waals surface area (Å²) in [6.45, 7) is 16.8. The van der Waals surface area contributed by atoms with Gasteiger partial charge in [-0.1, -0.05) is 55.4 Å². The van der Waals surface area contributed by atoms with Crippen molar-refractivity contribution in [1.29, 1.82) is 0 Å². The zero-order valence-electron chi connectivity index (χ0n) is 26.2. The Morgan fingerprint density at radius 1 is 0.953 bits per heavy atom. The number of aliphatic hydroxyl groups excluding tert-OH is 3. The summed E-state index contributed by atoms with van der Waals surface area (Å²) in [5, 5.41) is 31.0. The van der Waals surface area contributed by atoms with Crippen molar-refractivity contribution in [3.05, 3.63) is 12.7 Å². The molecule has 3 saturated heterocycles. The van der Waals surface area contributed by atoms with E-state index in [1.165, 1.54) is 6.33 Å². The van der Waals surface area contributed by atoms with Gasteiger partial charge in [-0.15, -0.1) is 0 Å². The second-order valence-electron chi connectivity index (χ2n) is 13.0. The Kier molecular flexibility index (Phi) is 9.40. The van der Waals surface area contributed by atoms with Crippen LogP contribution >= 0.6 is 0 Å². The summed E-state index contributed by atoms with van der Waals surface area (Å²) in [6.07, 6.45) is -5.12. The number of hydrogen-bond donors (Lipinski definition) is 4.